The summed E-state index contributed by atoms with van der Waals surface area (Å²) in [5.74, 6) is -0.593. The maximum Gasteiger partial charge on any atom is 0.341 e. The highest BCUT2D eigenvalue weighted by atomic mass is 16.5. The van der Waals surface area contributed by atoms with E-state index in [1.54, 1.807) is 6.07 Å². The second kappa shape index (κ2) is 3.73. The minimum absolute atomic E-state index is 0.00854. The van der Waals surface area contributed by atoms with Gasteiger partial charge in [0.1, 0.15) is 11.1 Å². The number of rotatable bonds is 2. The summed E-state index contributed by atoms with van der Waals surface area (Å²) >= 11 is 0. The van der Waals surface area contributed by atoms with E-state index in [0.29, 0.717) is 11.3 Å². The second-order valence-corrected chi connectivity index (χ2v) is 4.03. The molecule has 0 unspecified atom stereocenters. The lowest BCUT2D eigenvalue weighted by Gasteiger charge is -1.91. The third-order valence-corrected chi connectivity index (χ3v) is 2.70. The Morgan fingerprint density at radius 2 is 2.17 bits per heavy atom. The molecule has 3 aromatic rings. The number of nitrogens with zero attached hydrogens (tertiary/aromatic N) is 1. The van der Waals surface area contributed by atoms with Crippen LogP contribution >= 0.6 is 0 Å². The van der Waals surface area contributed by atoms with Crippen molar-refractivity contribution in [3.05, 3.63) is 41.6 Å². The molecule has 5 nitrogen and oxygen atoms in total. The van der Waals surface area contributed by atoms with Gasteiger partial charge < -0.3 is 14.0 Å². The zero-order valence-corrected chi connectivity index (χ0v) is 9.51. The summed E-state index contributed by atoms with van der Waals surface area (Å²) < 4.78 is 10.5. The number of carboxylic acid groups (broad SMARTS) is 1. The molecule has 1 aromatic carbocycles. The molecule has 3 rings (SSSR count). The van der Waals surface area contributed by atoms with Crippen LogP contribution in [-0.2, 0) is 0 Å². The molecule has 5 heteroatoms. The third-order valence-electron chi connectivity index (χ3n) is 2.70. The van der Waals surface area contributed by atoms with Crippen LogP contribution in [0.3, 0.4) is 0 Å². The number of carbonyl (C=O) groups is 1. The summed E-state index contributed by atoms with van der Waals surface area (Å²) in [6.07, 6.45) is 1.16. The summed E-state index contributed by atoms with van der Waals surface area (Å²) in [6.45, 7) is 1.98. The number of hydrogen-bond donors (Lipinski definition) is 1. The van der Waals surface area contributed by atoms with Gasteiger partial charge in [0.15, 0.2) is 5.76 Å². The van der Waals surface area contributed by atoms with Gasteiger partial charge in [0.2, 0.25) is 5.76 Å². The SMILES string of the molecule is Cc1ccc2oc(-c3oncc3C(=O)O)cc2c1. The molecule has 2 aromatic heterocycles. The van der Waals surface area contributed by atoms with Crippen molar-refractivity contribution in [3.63, 3.8) is 0 Å². The summed E-state index contributed by atoms with van der Waals surface area (Å²) in [4.78, 5) is 11.0. The number of aromatic nitrogens is 1. The molecule has 1 N–H and O–H groups in total. The lowest BCUT2D eigenvalue weighted by Crippen LogP contribution is -1.95. The first-order valence-corrected chi connectivity index (χ1v) is 5.33. The smallest absolute Gasteiger partial charge is 0.341 e. The molecule has 0 saturated heterocycles. The molecule has 18 heavy (non-hydrogen) atoms. The van der Waals surface area contributed by atoms with E-state index in [9.17, 15) is 4.79 Å². The molecule has 0 bridgehead atoms. The summed E-state index contributed by atoms with van der Waals surface area (Å²) in [7, 11) is 0. The molecule has 2 heterocycles. The Morgan fingerprint density at radius 1 is 1.33 bits per heavy atom. The lowest BCUT2D eigenvalue weighted by molar-refractivity contribution is 0.0697. The average molecular weight is 243 g/mol. The van der Waals surface area contributed by atoms with Gasteiger partial charge in [0, 0.05) is 5.39 Å². The number of benzene rings is 1. The molecule has 0 aliphatic rings. The van der Waals surface area contributed by atoms with Gasteiger partial charge in [-0.05, 0) is 25.1 Å². The average Bonchev–Trinajstić information content (AvgIpc) is 2.93. The van der Waals surface area contributed by atoms with Crippen LogP contribution in [-0.4, -0.2) is 16.2 Å². The molecule has 0 aliphatic carbocycles. The van der Waals surface area contributed by atoms with Crippen LogP contribution in [0.1, 0.15) is 15.9 Å². The van der Waals surface area contributed by atoms with Gasteiger partial charge in [0.25, 0.3) is 0 Å². The quantitative estimate of drug-likeness (QED) is 0.748. The second-order valence-electron chi connectivity index (χ2n) is 4.03. The number of fused-ring (bicyclic) bond motifs is 1. The van der Waals surface area contributed by atoms with Crippen molar-refractivity contribution in [1.82, 2.24) is 5.16 Å². The number of carboxylic acids is 1. The summed E-state index contributed by atoms with van der Waals surface area (Å²) in [5.41, 5.74) is 1.78. The molecule has 0 fully saturated rings. The third kappa shape index (κ3) is 1.57. The predicted octanol–water partition coefficient (Wildman–Crippen LogP) is 3.09. The Morgan fingerprint density at radius 3 is 2.94 bits per heavy atom. The molecule has 90 valence electrons. The van der Waals surface area contributed by atoms with Crippen molar-refractivity contribution >= 4 is 16.9 Å². The standard InChI is InChI=1S/C13H9NO4/c1-7-2-3-10-8(4-7)5-11(17-10)12-9(13(15)16)6-14-18-12/h2-6H,1H3,(H,15,16). The van der Waals surface area contributed by atoms with Crippen LogP contribution in [0.4, 0.5) is 0 Å². The van der Waals surface area contributed by atoms with Gasteiger partial charge in [-0.15, -0.1) is 0 Å². The first-order chi connectivity index (χ1) is 8.65. The van der Waals surface area contributed by atoms with Gasteiger partial charge in [0.05, 0.1) is 6.20 Å². The van der Waals surface area contributed by atoms with Crippen molar-refractivity contribution in [1.29, 1.82) is 0 Å². The Balaban J connectivity index is 2.19. The molecule has 0 aliphatic heterocycles. The fraction of sp³-hybridized carbons (Fsp3) is 0.0769. The van der Waals surface area contributed by atoms with Gasteiger partial charge in [-0.25, -0.2) is 4.79 Å². The molecular weight excluding hydrogens is 234 g/mol. The zero-order valence-electron chi connectivity index (χ0n) is 9.51. The molecule has 0 radical (unpaired) electrons. The number of aromatic carboxylic acids is 1. The monoisotopic (exact) mass is 243 g/mol. The number of furan rings is 1. The lowest BCUT2D eigenvalue weighted by atomic mass is 10.1. The van der Waals surface area contributed by atoms with Crippen molar-refractivity contribution in [2.75, 3.05) is 0 Å². The maximum atomic E-state index is 11.0. The first kappa shape index (κ1) is 10.6. The van der Waals surface area contributed by atoms with E-state index in [0.717, 1.165) is 17.1 Å². The topological polar surface area (TPSA) is 76.5 Å². The minimum atomic E-state index is -1.09. The number of aryl methyl sites for hydroxylation is 1. The Labute approximate surface area is 102 Å². The van der Waals surface area contributed by atoms with E-state index in [1.165, 1.54) is 0 Å². The normalized spacial score (nSPS) is 10.9. The van der Waals surface area contributed by atoms with Crippen molar-refractivity contribution < 1.29 is 18.8 Å². The molecule has 0 spiro atoms. The molecular formula is C13H9NO4. The van der Waals surface area contributed by atoms with Gasteiger partial charge in [-0.1, -0.05) is 16.8 Å². The highest BCUT2D eigenvalue weighted by molar-refractivity contribution is 5.94. The van der Waals surface area contributed by atoms with E-state index < -0.39 is 5.97 Å². The largest absolute Gasteiger partial charge is 0.477 e. The Bertz CT molecular complexity index is 738. The molecule has 0 atom stereocenters. The van der Waals surface area contributed by atoms with Crippen LogP contribution in [0.25, 0.3) is 22.5 Å². The van der Waals surface area contributed by atoms with Crippen molar-refractivity contribution in [3.8, 4) is 11.5 Å². The molecule has 0 amide bonds. The first-order valence-electron chi connectivity index (χ1n) is 5.33. The van der Waals surface area contributed by atoms with E-state index in [4.69, 9.17) is 14.0 Å². The van der Waals surface area contributed by atoms with Crippen LogP contribution in [0.15, 0.2) is 39.4 Å². The fourth-order valence-electron chi connectivity index (χ4n) is 1.84. The van der Waals surface area contributed by atoms with E-state index in [2.05, 4.69) is 5.16 Å². The Kier molecular flexibility index (Phi) is 2.19. The van der Waals surface area contributed by atoms with E-state index in [-0.39, 0.29) is 11.3 Å². The minimum Gasteiger partial charge on any atom is -0.477 e. The van der Waals surface area contributed by atoms with Crippen LogP contribution < -0.4 is 0 Å². The summed E-state index contributed by atoms with van der Waals surface area (Å²) in [6, 6.07) is 7.47. The van der Waals surface area contributed by atoms with E-state index in [1.807, 2.05) is 25.1 Å². The van der Waals surface area contributed by atoms with Gasteiger partial charge >= 0.3 is 5.97 Å². The fourth-order valence-corrected chi connectivity index (χ4v) is 1.84. The van der Waals surface area contributed by atoms with Crippen LogP contribution in [0.2, 0.25) is 0 Å². The van der Waals surface area contributed by atoms with Crippen molar-refractivity contribution in [2.45, 2.75) is 6.92 Å². The predicted molar refractivity (Wildman–Crippen MR) is 63.4 cm³/mol. The highest BCUT2D eigenvalue weighted by Gasteiger charge is 2.20. The Hall–Kier alpha value is -2.56. The zero-order chi connectivity index (χ0) is 12.7. The van der Waals surface area contributed by atoms with Crippen LogP contribution in [0, 0.1) is 6.92 Å². The van der Waals surface area contributed by atoms with Gasteiger partial charge in [-0.3, -0.25) is 0 Å². The van der Waals surface area contributed by atoms with Crippen LogP contribution in [0.5, 0.6) is 0 Å². The van der Waals surface area contributed by atoms with E-state index >= 15 is 0 Å². The van der Waals surface area contributed by atoms with Gasteiger partial charge in [-0.2, -0.15) is 0 Å². The number of hydrogen-bond acceptors (Lipinski definition) is 4. The summed E-state index contributed by atoms with van der Waals surface area (Å²) in [5, 5.41) is 13.4. The molecule has 0 saturated carbocycles. The highest BCUT2D eigenvalue weighted by Crippen LogP contribution is 2.30. The maximum absolute atomic E-state index is 11.0. The van der Waals surface area contributed by atoms with Crippen molar-refractivity contribution in [2.24, 2.45) is 0 Å².